The van der Waals surface area contributed by atoms with Gasteiger partial charge < -0.3 is 14.6 Å². The zero-order chi connectivity index (χ0) is 25.3. The minimum atomic E-state index is -4.72. The molecule has 1 N–H and O–H groups in total. The normalized spacial score (nSPS) is 11.5. The van der Waals surface area contributed by atoms with Crippen LogP contribution in [0.15, 0.2) is 66.7 Å². The van der Waals surface area contributed by atoms with Gasteiger partial charge in [0.1, 0.15) is 5.69 Å². The number of nitrogens with zero attached hydrogens (tertiary/aromatic N) is 1. The van der Waals surface area contributed by atoms with Gasteiger partial charge in [-0.25, -0.2) is 4.79 Å². The van der Waals surface area contributed by atoms with E-state index in [2.05, 4.69) is 5.32 Å². The first-order valence-corrected chi connectivity index (χ1v) is 11.0. The first-order chi connectivity index (χ1) is 16.6. The fraction of sp³-hybridized carbons (Fsp3) is 0.185. The molecule has 0 aliphatic rings. The monoisotopic (exact) mass is 480 g/mol. The number of benzene rings is 3. The van der Waals surface area contributed by atoms with Gasteiger partial charge in [0.2, 0.25) is 0 Å². The van der Waals surface area contributed by atoms with E-state index in [4.69, 9.17) is 4.74 Å². The number of rotatable bonds is 5. The molecule has 4 aromatic rings. The number of anilines is 1. The maximum absolute atomic E-state index is 14.1. The Morgan fingerprint density at radius 2 is 1.71 bits per heavy atom. The third kappa shape index (κ3) is 4.64. The highest BCUT2D eigenvalue weighted by molar-refractivity contribution is 6.11. The number of ether oxygens (including phenoxy) is 1. The van der Waals surface area contributed by atoms with E-state index >= 15 is 0 Å². The quantitative estimate of drug-likeness (QED) is 0.327. The van der Waals surface area contributed by atoms with Crippen LogP contribution in [0.25, 0.3) is 22.0 Å². The fourth-order valence-corrected chi connectivity index (χ4v) is 4.19. The number of carbonyl (C=O) groups is 2. The summed E-state index contributed by atoms with van der Waals surface area (Å²) in [6, 6.07) is 17.9. The molecule has 0 saturated heterocycles. The molecule has 5 nitrogen and oxygen atoms in total. The van der Waals surface area contributed by atoms with E-state index in [0.29, 0.717) is 27.8 Å². The number of nitrogens with one attached hydrogen (secondary N) is 1. The van der Waals surface area contributed by atoms with Gasteiger partial charge in [0.05, 0.1) is 17.7 Å². The van der Waals surface area contributed by atoms with Crippen LogP contribution in [0.2, 0.25) is 0 Å². The molecule has 0 radical (unpaired) electrons. The number of alkyl halides is 3. The molecule has 0 aliphatic carbocycles. The second-order valence-electron chi connectivity index (χ2n) is 8.08. The summed E-state index contributed by atoms with van der Waals surface area (Å²) in [5.74, 6) is -1.36. The van der Waals surface area contributed by atoms with E-state index in [1.165, 1.54) is 19.1 Å². The van der Waals surface area contributed by atoms with Crippen molar-refractivity contribution < 1.29 is 27.5 Å². The van der Waals surface area contributed by atoms with E-state index < -0.39 is 29.2 Å². The Bertz CT molecular complexity index is 1420. The molecule has 0 atom stereocenters. The van der Waals surface area contributed by atoms with Crippen LogP contribution in [0.3, 0.4) is 0 Å². The van der Waals surface area contributed by atoms with Crippen LogP contribution >= 0.6 is 0 Å². The highest BCUT2D eigenvalue weighted by Crippen LogP contribution is 2.39. The van der Waals surface area contributed by atoms with Gasteiger partial charge in [-0.2, -0.15) is 13.2 Å². The van der Waals surface area contributed by atoms with E-state index in [-0.39, 0.29) is 17.7 Å². The van der Waals surface area contributed by atoms with Crippen LogP contribution in [-0.2, 0) is 18.0 Å². The van der Waals surface area contributed by atoms with E-state index in [0.717, 1.165) is 0 Å². The zero-order valence-electron chi connectivity index (χ0n) is 19.4. The predicted molar refractivity (Wildman–Crippen MR) is 128 cm³/mol. The maximum Gasteiger partial charge on any atom is 0.417 e. The predicted octanol–water partition coefficient (Wildman–Crippen LogP) is 6.60. The van der Waals surface area contributed by atoms with Crippen LogP contribution in [0, 0.1) is 6.92 Å². The Hall–Kier alpha value is -4.07. The van der Waals surface area contributed by atoms with Crippen LogP contribution in [0.4, 0.5) is 18.9 Å². The van der Waals surface area contributed by atoms with Gasteiger partial charge in [0.25, 0.3) is 5.91 Å². The van der Waals surface area contributed by atoms with E-state index in [1.807, 2.05) is 0 Å². The summed E-state index contributed by atoms with van der Waals surface area (Å²) >= 11 is 0. The molecule has 0 saturated carbocycles. The van der Waals surface area contributed by atoms with Crippen molar-refractivity contribution in [3.63, 3.8) is 0 Å². The van der Waals surface area contributed by atoms with Crippen molar-refractivity contribution in [1.82, 2.24) is 4.57 Å². The molecule has 0 fully saturated rings. The molecule has 0 aliphatic heterocycles. The van der Waals surface area contributed by atoms with Crippen molar-refractivity contribution in [1.29, 1.82) is 0 Å². The molecular formula is C27H23F3N2O3. The average Bonchev–Trinajstić information content (AvgIpc) is 3.14. The molecule has 0 unspecified atom stereocenters. The summed E-state index contributed by atoms with van der Waals surface area (Å²) in [4.78, 5) is 25.5. The lowest BCUT2D eigenvalue weighted by Gasteiger charge is -2.19. The number of halogens is 3. The SMILES string of the molecule is CCOC(=O)c1cc2cc(NC(=O)c3c(-c4ccccc4)ccc(C)c3C(F)(F)F)ccc2n1C. The summed E-state index contributed by atoms with van der Waals surface area (Å²) < 4.78 is 48.9. The number of aromatic nitrogens is 1. The topological polar surface area (TPSA) is 60.3 Å². The Morgan fingerprint density at radius 3 is 2.37 bits per heavy atom. The van der Waals surface area contributed by atoms with Crippen LogP contribution in [0.1, 0.15) is 38.9 Å². The minimum Gasteiger partial charge on any atom is -0.461 e. The summed E-state index contributed by atoms with van der Waals surface area (Å²) in [6.07, 6.45) is -4.72. The number of carbonyl (C=O) groups excluding carboxylic acids is 2. The molecular weight excluding hydrogens is 457 g/mol. The first-order valence-electron chi connectivity index (χ1n) is 11.0. The number of fused-ring (bicyclic) bond motifs is 1. The fourth-order valence-electron chi connectivity index (χ4n) is 4.19. The van der Waals surface area contributed by atoms with E-state index in [1.54, 1.807) is 73.1 Å². The standard InChI is InChI=1S/C27H23F3N2O3/c1-4-35-26(34)22-15-18-14-19(11-13-21(18)32(22)3)31-25(33)23-20(17-8-6-5-7-9-17)12-10-16(2)24(23)27(28,29)30/h5-15H,4H2,1-3H3,(H,31,33). The van der Waals surface area contributed by atoms with Gasteiger partial charge in [-0.1, -0.05) is 42.5 Å². The third-order valence-electron chi connectivity index (χ3n) is 5.79. The molecule has 0 bridgehead atoms. The van der Waals surface area contributed by atoms with E-state index in [9.17, 15) is 22.8 Å². The van der Waals surface area contributed by atoms with Gasteiger partial charge in [-0.3, -0.25) is 4.79 Å². The lowest BCUT2D eigenvalue weighted by molar-refractivity contribution is -0.138. The zero-order valence-corrected chi connectivity index (χ0v) is 19.4. The van der Waals surface area contributed by atoms with Gasteiger partial charge in [0, 0.05) is 23.6 Å². The van der Waals surface area contributed by atoms with Crippen LogP contribution in [-0.4, -0.2) is 23.1 Å². The lowest BCUT2D eigenvalue weighted by Crippen LogP contribution is -2.21. The smallest absolute Gasteiger partial charge is 0.417 e. The largest absolute Gasteiger partial charge is 0.461 e. The summed E-state index contributed by atoms with van der Waals surface area (Å²) in [7, 11) is 1.71. The maximum atomic E-state index is 14.1. The molecule has 0 spiro atoms. The molecule has 35 heavy (non-hydrogen) atoms. The summed E-state index contributed by atoms with van der Waals surface area (Å²) in [5.41, 5.74) is 0.576. The summed E-state index contributed by atoms with van der Waals surface area (Å²) in [6.45, 7) is 3.27. The molecule has 1 heterocycles. The van der Waals surface area contributed by atoms with Crippen molar-refractivity contribution >= 4 is 28.5 Å². The average molecular weight is 480 g/mol. The highest BCUT2D eigenvalue weighted by atomic mass is 19.4. The molecule has 1 amide bonds. The minimum absolute atomic E-state index is 0.0417. The lowest BCUT2D eigenvalue weighted by atomic mass is 9.91. The first kappa shape index (κ1) is 24.1. The number of hydrogen-bond acceptors (Lipinski definition) is 3. The Kier molecular flexibility index (Phi) is 6.39. The molecule has 1 aromatic heterocycles. The Labute approximate surface area is 200 Å². The number of aryl methyl sites for hydroxylation is 2. The van der Waals surface area contributed by atoms with Crippen LogP contribution < -0.4 is 5.32 Å². The Balaban J connectivity index is 1.78. The molecule has 4 rings (SSSR count). The highest BCUT2D eigenvalue weighted by Gasteiger charge is 2.38. The van der Waals surface area contributed by atoms with Gasteiger partial charge in [-0.05, 0) is 54.8 Å². The van der Waals surface area contributed by atoms with Gasteiger partial charge >= 0.3 is 12.1 Å². The van der Waals surface area contributed by atoms with Crippen LogP contribution in [0.5, 0.6) is 0 Å². The van der Waals surface area contributed by atoms with Gasteiger partial charge in [0.15, 0.2) is 0 Å². The van der Waals surface area contributed by atoms with Crippen molar-refractivity contribution in [2.45, 2.75) is 20.0 Å². The van der Waals surface area contributed by atoms with Crippen molar-refractivity contribution in [2.75, 3.05) is 11.9 Å². The van der Waals surface area contributed by atoms with Crippen molar-refractivity contribution in [3.05, 3.63) is 89.1 Å². The van der Waals surface area contributed by atoms with Crippen molar-refractivity contribution in [2.24, 2.45) is 7.05 Å². The van der Waals surface area contributed by atoms with Crippen molar-refractivity contribution in [3.8, 4) is 11.1 Å². The Morgan fingerprint density at radius 1 is 1.00 bits per heavy atom. The third-order valence-corrected chi connectivity index (χ3v) is 5.79. The second kappa shape index (κ2) is 9.29. The van der Waals surface area contributed by atoms with Gasteiger partial charge in [-0.15, -0.1) is 0 Å². The molecule has 8 heteroatoms. The second-order valence-corrected chi connectivity index (χ2v) is 8.08. The number of amides is 1. The molecule has 180 valence electrons. The molecule has 3 aromatic carbocycles. The number of hydrogen-bond donors (Lipinski definition) is 1. The number of esters is 1. The summed E-state index contributed by atoms with van der Waals surface area (Å²) in [5, 5.41) is 3.26.